The molecule has 0 aliphatic rings. The maximum Gasteiger partial charge on any atom is 0.376 e. The fourth-order valence-electron chi connectivity index (χ4n) is 1.40. The Morgan fingerprint density at radius 3 is 2.31 bits per heavy atom. The largest absolute Gasteiger partial charge is 0.376 e. The molecule has 3 nitrogen and oxygen atoms in total. The van der Waals surface area contributed by atoms with E-state index >= 15 is 0 Å². The topological polar surface area (TPSA) is 20.3 Å². The van der Waals surface area contributed by atoms with Crippen LogP contribution in [0.5, 0.6) is 0 Å². The lowest BCUT2D eigenvalue weighted by atomic mass is 10.2. The summed E-state index contributed by atoms with van der Waals surface area (Å²) in [4.78, 5) is 12.4. The quantitative estimate of drug-likeness (QED) is 0.611. The molecular formula is C11H15Br2N2O+. The average Bonchev–Trinajstić information content (AvgIpc) is 2.36. The summed E-state index contributed by atoms with van der Waals surface area (Å²) in [5, 5.41) is 0. The van der Waals surface area contributed by atoms with Crippen LogP contribution in [0.3, 0.4) is 0 Å². The number of carbonyl (C=O) groups excluding carboxylic acids is 1. The molecule has 0 aliphatic carbocycles. The Morgan fingerprint density at radius 1 is 1.31 bits per heavy atom. The summed E-state index contributed by atoms with van der Waals surface area (Å²) < 4.78 is 1.83. The summed E-state index contributed by atoms with van der Waals surface area (Å²) in [5.41, 5.74) is 0.694. The van der Waals surface area contributed by atoms with Crippen LogP contribution in [-0.4, -0.2) is 26.6 Å². The number of rotatable bonds is 4. The molecule has 0 heterocycles. The highest BCUT2D eigenvalue weighted by Crippen LogP contribution is 2.26. The zero-order valence-corrected chi connectivity index (χ0v) is 12.5. The van der Waals surface area contributed by atoms with Crippen LogP contribution < -0.4 is 0 Å². The second-order valence-electron chi connectivity index (χ2n) is 3.32. The van der Waals surface area contributed by atoms with Crippen LogP contribution >= 0.6 is 32.3 Å². The van der Waals surface area contributed by atoms with Crippen molar-refractivity contribution in [3.8, 4) is 0 Å². The minimum absolute atomic E-state index is 0.0156. The standard InChI is InChI=1S/C11H15Br2N2O/c1-3-14(12)15(13,4-2)11(16)10-8-6-5-7-9-10/h5-9H,3-4H2,1-2H3/q+1. The van der Waals surface area contributed by atoms with Crippen molar-refractivity contribution in [2.24, 2.45) is 0 Å². The van der Waals surface area contributed by atoms with Gasteiger partial charge in [-0.1, -0.05) is 22.2 Å². The van der Waals surface area contributed by atoms with E-state index in [1.807, 2.05) is 44.2 Å². The smallest absolute Gasteiger partial charge is 0.222 e. The van der Waals surface area contributed by atoms with E-state index < -0.39 is 0 Å². The van der Waals surface area contributed by atoms with E-state index in [4.69, 9.17) is 0 Å². The summed E-state index contributed by atoms with van der Waals surface area (Å²) in [6, 6.07) is 9.28. The molecule has 0 bridgehead atoms. The van der Waals surface area contributed by atoms with Crippen LogP contribution in [0.4, 0.5) is 0 Å². The van der Waals surface area contributed by atoms with E-state index in [1.54, 1.807) is 4.03 Å². The third-order valence-electron chi connectivity index (χ3n) is 2.36. The summed E-state index contributed by atoms with van der Waals surface area (Å²) in [6.07, 6.45) is 0. The maximum absolute atomic E-state index is 12.4. The van der Waals surface area contributed by atoms with Gasteiger partial charge in [-0.3, -0.25) is 0 Å². The van der Waals surface area contributed by atoms with E-state index in [-0.39, 0.29) is 9.53 Å². The van der Waals surface area contributed by atoms with Crippen LogP contribution in [0.2, 0.25) is 0 Å². The van der Waals surface area contributed by atoms with Crippen LogP contribution in [0.15, 0.2) is 30.3 Å². The first-order chi connectivity index (χ1) is 7.56. The molecule has 1 amide bonds. The Kier molecular flexibility index (Phi) is 5.11. The van der Waals surface area contributed by atoms with Gasteiger partial charge in [0, 0.05) is 0 Å². The van der Waals surface area contributed by atoms with Gasteiger partial charge in [-0.05, 0) is 26.0 Å². The molecule has 0 aromatic heterocycles. The number of quaternary nitrogens is 1. The Bertz CT molecular complexity index is 358. The number of hydrogen-bond donors (Lipinski definition) is 0. The minimum atomic E-state index is 0.0156. The van der Waals surface area contributed by atoms with Crippen molar-refractivity contribution in [2.45, 2.75) is 13.8 Å². The first kappa shape index (κ1) is 13.8. The SMILES string of the molecule is CCN(Br)[N+](Br)(CC)C(=O)c1ccccc1. The van der Waals surface area contributed by atoms with E-state index in [1.165, 1.54) is 0 Å². The molecular weight excluding hydrogens is 336 g/mol. The third kappa shape index (κ3) is 2.71. The summed E-state index contributed by atoms with van der Waals surface area (Å²) in [5.74, 6) is 0.0156. The lowest BCUT2D eigenvalue weighted by molar-refractivity contribution is -0.796. The molecule has 0 saturated heterocycles. The average molecular weight is 351 g/mol. The summed E-state index contributed by atoms with van der Waals surface area (Å²) >= 11 is 6.87. The molecule has 0 radical (unpaired) electrons. The Morgan fingerprint density at radius 2 is 1.88 bits per heavy atom. The molecule has 0 N–H and O–H groups in total. The molecule has 16 heavy (non-hydrogen) atoms. The minimum Gasteiger partial charge on any atom is -0.222 e. The number of halogens is 2. The molecule has 0 fully saturated rings. The van der Waals surface area contributed by atoms with Crippen molar-refractivity contribution >= 4 is 38.2 Å². The van der Waals surface area contributed by atoms with Gasteiger partial charge in [0.1, 0.15) is 6.54 Å². The van der Waals surface area contributed by atoms with Crippen molar-refractivity contribution in [1.82, 2.24) is 4.03 Å². The molecule has 1 atom stereocenters. The molecule has 0 saturated carbocycles. The summed E-state index contributed by atoms with van der Waals surface area (Å²) in [7, 11) is 0. The zero-order chi connectivity index (χ0) is 12.2. The van der Waals surface area contributed by atoms with Gasteiger partial charge in [0.15, 0.2) is 0 Å². The first-order valence-corrected chi connectivity index (χ1v) is 6.59. The van der Waals surface area contributed by atoms with Crippen molar-refractivity contribution in [3.05, 3.63) is 35.9 Å². The predicted molar refractivity (Wildman–Crippen MR) is 71.8 cm³/mol. The lowest BCUT2D eigenvalue weighted by Crippen LogP contribution is -2.51. The van der Waals surface area contributed by atoms with E-state index in [9.17, 15) is 4.79 Å². The van der Waals surface area contributed by atoms with Crippen molar-refractivity contribution in [3.63, 3.8) is 0 Å². The van der Waals surface area contributed by atoms with Crippen LogP contribution in [0.25, 0.3) is 0 Å². The number of nitrogens with zero attached hydrogens (tertiary/aromatic N) is 2. The lowest BCUT2D eigenvalue weighted by Gasteiger charge is -2.31. The van der Waals surface area contributed by atoms with E-state index in [0.29, 0.717) is 12.1 Å². The van der Waals surface area contributed by atoms with E-state index in [2.05, 4.69) is 32.3 Å². The predicted octanol–water partition coefficient (Wildman–Crippen LogP) is 3.52. The second-order valence-corrected chi connectivity index (χ2v) is 5.31. The van der Waals surface area contributed by atoms with E-state index in [0.717, 1.165) is 6.54 Å². The van der Waals surface area contributed by atoms with Gasteiger partial charge in [0.25, 0.3) is 16.1 Å². The fourth-order valence-corrected chi connectivity index (χ4v) is 2.20. The number of carbonyl (C=O) groups is 1. The molecule has 1 aromatic rings. The zero-order valence-electron chi connectivity index (χ0n) is 9.36. The van der Waals surface area contributed by atoms with Crippen LogP contribution in [0, 0.1) is 0 Å². The normalized spacial score (nSPS) is 14.8. The van der Waals surface area contributed by atoms with Gasteiger partial charge in [-0.2, -0.15) is 0 Å². The van der Waals surface area contributed by atoms with Gasteiger partial charge in [0.05, 0.1) is 28.3 Å². The maximum atomic E-state index is 12.4. The number of hydrogen-bond acceptors (Lipinski definition) is 2. The highest BCUT2D eigenvalue weighted by atomic mass is 79.9. The molecule has 5 heteroatoms. The molecule has 88 valence electrons. The highest BCUT2D eigenvalue weighted by molar-refractivity contribution is 9.08. The van der Waals surface area contributed by atoms with Gasteiger partial charge in [-0.25, -0.2) is 4.79 Å². The first-order valence-electron chi connectivity index (χ1n) is 5.17. The molecule has 1 rings (SSSR count). The van der Waals surface area contributed by atoms with Gasteiger partial charge >= 0.3 is 5.91 Å². The molecule has 0 spiro atoms. The molecule has 1 unspecified atom stereocenters. The van der Waals surface area contributed by atoms with Crippen molar-refractivity contribution in [1.29, 1.82) is 0 Å². The fraction of sp³-hybridized carbons (Fsp3) is 0.364. The number of benzene rings is 1. The van der Waals surface area contributed by atoms with Gasteiger partial charge < -0.3 is 0 Å². The third-order valence-corrected chi connectivity index (χ3v) is 5.03. The highest BCUT2D eigenvalue weighted by Gasteiger charge is 2.40. The monoisotopic (exact) mass is 349 g/mol. The Balaban J connectivity index is 3.02. The Labute approximate surface area is 113 Å². The Hall–Kier alpha value is -0.230. The van der Waals surface area contributed by atoms with Crippen LogP contribution in [0.1, 0.15) is 24.2 Å². The van der Waals surface area contributed by atoms with Crippen molar-refractivity contribution in [2.75, 3.05) is 13.1 Å². The molecule has 0 aliphatic heterocycles. The van der Waals surface area contributed by atoms with Crippen molar-refractivity contribution < 1.29 is 8.41 Å². The number of amides is 1. The van der Waals surface area contributed by atoms with Gasteiger partial charge in [-0.15, -0.1) is 3.62 Å². The second kappa shape index (κ2) is 5.91. The van der Waals surface area contributed by atoms with Crippen LogP contribution in [-0.2, 0) is 0 Å². The summed E-state index contributed by atoms with van der Waals surface area (Å²) in [6.45, 7) is 5.29. The van der Waals surface area contributed by atoms with Gasteiger partial charge in [0.2, 0.25) is 0 Å². The molecule has 1 aromatic carbocycles.